The van der Waals surface area contributed by atoms with Crippen LogP contribution in [0.4, 0.5) is 5.82 Å². The van der Waals surface area contributed by atoms with Crippen LogP contribution < -0.4 is 34.5 Å². The Morgan fingerprint density at radius 2 is 2.14 bits per heavy atom. The van der Waals surface area contributed by atoms with Crippen molar-refractivity contribution in [1.82, 2.24) is 9.97 Å². The number of halogens is 1. The molecule has 0 radical (unpaired) electrons. The van der Waals surface area contributed by atoms with Crippen LogP contribution in [0.1, 0.15) is 14.3 Å². The van der Waals surface area contributed by atoms with Crippen LogP contribution in [-0.4, -0.2) is 22.4 Å². The monoisotopic (exact) mass is 221 g/mol. The summed E-state index contributed by atoms with van der Waals surface area (Å²) in [6.45, 7) is 0.692. The largest absolute Gasteiger partial charge is 1.00 e. The number of hydrogen-bond donors (Lipinski definition) is 0. The Balaban J connectivity index is 0.000000980. The molecule has 1 aliphatic heterocycles. The fourth-order valence-corrected chi connectivity index (χ4v) is 1.57. The number of amides is 1. The molecule has 4 nitrogen and oxygen atoms in total. The van der Waals surface area contributed by atoms with Gasteiger partial charge >= 0.3 is 29.6 Å². The van der Waals surface area contributed by atoms with Crippen molar-refractivity contribution in [3.05, 3.63) is 17.5 Å². The maximum absolute atomic E-state index is 11.3. The van der Waals surface area contributed by atoms with Crippen LogP contribution in [0.15, 0.2) is 12.4 Å². The van der Waals surface area contributed by atoms with Gasteiger partial charge in [-0.25, -0.2) is 9.97 Å². The molecular weight excluding hydrogens is 213 g/mol. The fourth-order valence-electron chi connectivity index (χ4n) is 1.37. The van der Waals surface area contributed by atoms with E-state index in [4.69, 9.17) is 11.6 Å². The third-order valence-electron chi connectivity index (χ3n) is 1.96. The maximum Gasteiger partial charge on any atom is 1.00 e. The second-order valence-electron chi connectivity index (χ2n) is 2.82. The standard InChI is InChI=1S/C8H8ClN3O.Na.H/c9-7-8(11-4-3-10-7)12-5-1-2-6(12)13;;/h3-4H,1-2,5H2;;/q;+1;-1. The van der Waals surface area contributed by atoms with Crippen molar-refractivity contribution < 1.29 is 35.8 Å². The molecule has 0 N–H and O–H groups in total. The van der Waals surface area contributed by atoms with E-state index in [0.717, 1.165) is 6.42 Å². The predicted molar refractivity (Wildman–Crippen MR) is 49.7 cm³/mol. The van der Waals surface area contributed by atoms with Crippen molar-refractivity contribution in [1.29, 1.82) is 0 Å². The summed E-state index contributed by atoms with van der Waals surface area (Å²) in [7, 11) is 0. The molecule has 1 aromatic rings. The van der Waals surface area contributed by atoms with Gasteiger partial charge in [-0.3, -0.25) is 9.69 Å². The van der Waals surface area contributed by atoms with E-state index in [-0.39, 0.29) is 42.0 Å². The molecule has 0 bridgehead atoms. The Bertz CT molecular complexity index is 352. The van der Waals surface area contributed by atoms with Crippen molar-refractivity contribution in [3.63, 3.8) is 0 Å². The van der Waals surface area contributed by atoms with Gasteiger partial charge in [0.05, 0.1) is 0 Å². The molecule has 14 heavy (non-hydrogen) atoms. The van der Waals surface area contributed by atoms with Crippen molar-refractivity contribution in [2.24, 2.45) is 0 Å². The summed E-state index contributed by atoms with van der Waals surface area (Å²) >= 11 is 5.80. The summed E-state index contributed by atoms with van der Waals surface area (Å²) in [6.07, 6.45) is 4.48. The first-order valence-electron chi connectivity index (χ1n) is 4.06. The van der Waals surface area contributed by atoms with Gasteiger partial charge in [-0.15, -0.1) is 0 Å². The summed E-state index contributed by atoms with van der Waals surface area (Å²) in [5, 5.41) is 0.290. The summed E-state index contributed by atoms with van der Waals surface area (Å²) in [4.78, 5) is 20.8. The zero-order chi connectivity index (χ0) is 9.26. The third-order valence-corrected chi connectivity index (χ3v) is 2.23. The van der Waals surface area contributed by atoms with E-state index < -0.39 is 0 Å². The first kappa shape index (κ1) is 11.9. The number of nitrogens with zero attached hydrogens (tertiary/aromatic N) is 3. The number of anilines is 1. The maximum atomic E-state index is 11.3. The molecule has 0 aromatic carbocycles. The van der Waals surface area contributed by atoms with E-state index in [9.17, 15) is 4.79 Å². The molecule has 1 fully saturated rings. The molecule has 1 aliphatic rings. The van der Waals surface area contributed by atoms with Crippen molar-refractivity contribution in [2.75, 3.05) is 11.4 Å². The zero-order valence-corrected chi connectivity index (χ0v) is 10.7. The van der Waals surface area contributed by atoms with Gasteiger partial charge in [0.25, 0.3) is 0 Å². The Morgan fingerprint density at radius 1 is 1.43 bits per heavy atom. The van der Waals surface area contributed by atoms with Crippen molar-refractivity contribution in [2.45, 2.75) is 12.8 Å². The minimum atomic E-state index is 0. The van der Waals surface area contributed by atoms with Crippen molar-refractivity contribution >= 4 is 23.3 Å². The van der Waals surface area contributed by atoms with Crippen LogP contribution in [0, 0.1) is 0 Å². The normalized spacial score (nSPS) is 15.5. The van der Waals surface area contributed by atoms with E-state index in [1.165, 1.54) is 12.4 Å². The van der Waals surface area contributed by atoms with E-state index in [1.54, 1.807) is 4.90 Å². The smallest absolute Gasteiger partial charge is 1.00 e. The van der Waals surface area contributed by atoms with E-state index in [2.05, 4.69) is 9.97 Å². The van der Waals surface area contributed by atoms with E-state index in [0.29, 0.717) is 18.8 Å². The topological polar surface area (TPSA) is 46.1 Å². The Labute approximate surface area is 110 Å². The third kappa shape index (κ3) is 2.25. The van der Waals surface area contributed by atoms with Gasteiger partial charge in [-0.1, -0.05) is 11.6 Å². The van der Waals surface area contributed by atoms with Gasteiger partial charge < -0.3 is 1.43 Å². The van der Waals surface area contributed by atoms with Gasteiger partial charge in [-0.2, -0.15) is 0 Å². The van der Waals surface area contributed by atoms with Crippen molar-refractivity contribution in [3.8, 4) is 0 Å². The van der Waals surface area contributed by atoms with Gasteiger partial charge in [0, 0.05) is 25.4 Å². The fraction of sp³-hybridized carbons (Fsp3) is 0.375. The summed E-state index contributed by atoms with van der Waals surface area (Å²) in [6, 6.07) is 0. The molecule has 0 atom stereocenters. The quantitative estimate of drug-likeness (QED) is 0.535. The second-order valence-corrected chi connectivity index (χ2v) is 3.18. The number of aromatic nitrogens is 2. The number of carbonyl (C=O) groups excluding carboxylic acids is 1. The SMILES string of the molecule is O=C1CCCN1c1nccnc1Cl.[H-].[Na+]. The van der Waals surface area contributed by atoms with Crippen LogP contribution in [0.3, 0.4) is 0 Å². The predicted octanol–water partition coefficient (Wildman–Crippen LogP) is -1.63. The molecule has 0 aliphatic carbocycles. The molecular formula is C8H9ClN3NaO. The van der Waals surface area contributed by atoms with Gasteiger partial charge in [0.1, 0.15) is 0 Å². The first-order chi connectivity index (χ1) is 6.29. The first-order valence-corrected chi connectivity index (χ1v) is 4.44. The summed E-state index contributed by atoms with van der Waals surface area (Å²) in [5.41, 5.74) is 0. The van der Waals surface area contributed by atoms with Crippen LogP contribution in [0.2, 0.25) is 5.15 Å². The van der Waals surface area contributed by atoms with Gasteiger partial charge in [-0.05, 0) is 6.42 Å². The number of carbonyl (C=O) groups is 1. The zero-order valence-electron chi connectivity index (χ0n) is 8.90. The molecule has 2 heterocycles. The molecule has 0 unspecified atom stereocenters. The van der Waals surface area contributed by atoms with E-state index in [1.807, 2.05) is 0 Å². The van der Waals surface area contributed by atoms with Gasteiger partial charge in [0.2, 0.25) is 5.91 Å². The second kappa shape index (κ2) is 5.07. The van der Waals surface area contributed by atoms with Crippen LogP contribution in [-0.2, 0) is 4.79 Å². The molecule has 0 saturated carbocycles. The molecule has 2 rings (SSSR count). The summed E-state index contributed by atoms with van der Waals surface area (Å²) in [5.74, 6) is 0.550. The average molecular weight is 222 g/mol. The molecule has 1 amide bonds. The Hall–Kier alpha value is -0.160. The molecule has 1 aromatic heterocycles. The minimum absolute atomic E-state index is 0. The van der Waals surface area contributed by atoms with Crippen LogP contribution >= 0.6 is 11.6 Å². The Kier molecular flexibility index (Phi) is 4.31. The van der Waals surface area contributed by atoms with E-state index >= 15 is 0 Å². The molecule has 70 valence electrons. The van der Waals surface area contributed by atoms with Crippen LogP contribution in [0.25, 0.3) is 0 Å². The van der Waals surface area contributed by atoms with Gasteiger partial charge in [0.15, 0.2) is 11.0 Å². The number of hydrogen-bond acceptors (Lipinski definition) is 3. The molecule has 1 saturated heterocycles. The number of rotatable bonds is 1. The molecule has 0 spiro atoms. The average Bonchev–Trinajstić information content (AvgIpc) is 2.52. The van der Waals surface area contributed by atoms with Crippen LogP contribution in [0.5, 0.6) is 0 Å². The molecule has 6 heteroatoms. The minimum Gasteiger partial charge on any atom is -1.00 e. The Morgan fingerprint density at radius 3 is 2.71 bits per heavy atom. The summed E-state index contributed by atoms with van der Waals surface area (Å²) < 4.78 is 0.